The smallest absolute Gasteiger partial charge is 0.237 e. The molecule has 4 nitrogen and oxygen atoms in total. The van der Waals surface area contributed by atoms with E-state index in [0.717, 1.165) is 0 Å². The van der Waals surface area contributed by atoms with Gasteiger partial charge >= 0.3 is 0 Å². The van der Waals surface area contributed by atoms with E-state index in [4.69, 9.17) is 10.3 Å². The summed E-state index contributed by atoms with van der Waals surface area (Å²) in [6.07, 6.45) is 0. The van der Waals surface area contributed by atoms with E-state index < -0.39 is 0 Å². The highest BCUT2D eigenvalue weighted by Crippen LogP contribution is 2.22. The van der Waals surface area contributed by atoms with Gasteiger partial charge in [-0.05, 0) is 12.1 Å². The number of nitrogens with zero attached hydrogens (tertiary/aromatic N) is 2. The number of hydrogen-bond donors (Lipinski definition) is 1. The van der Waals surface area contributed by atoms with Crippen LogP contribution in [0.2, 0.25) is 0 Å². The number of thioether (sulfide) groups is 1. The zero-order chi connectivity index (χ0) is 12.1. The Labute approximate surface area is 105 Å². The molecule has 0 radical (unpaired) electrons. The van der Waals surface area contributed by atoms with Crippen LogP contribution in [0.15, 0.2) is 39.8 Å². The van der Waals surface area contributed by atoms with Gasteiger partial charge < -0.3 is 10.3 Å². The summed E-state index contributed by atoms with van der Waals surface area (Å²) in [6, 6.07) is 10.1. The first-order chi connectivity index (χ1) is 8.29. The molecule has 1 heterocycles. The van der Waals surface area contributed by atoms with Crippen molar-refractivity contribution >= 4 is 11.8 Å². The lowest BCUT2D eigenvalue weighted by Crippen LogP contribution is -2.10. The Morgan fingerprint density at radius 2 is 2.12 bits per heavy atom. The molecule has 17 heavy (non-hydrogen) atoms. The molecule has 1 aromatic heterocycles. The SMILES string of the molecule is CC(CN)c1noc(CSc2ccccc2)n1. The molecule has 1 atom stereocenters. The van der Waals surface area contributed by atoms with Crippen LogP contribution in [0, 0.1) is 0 Å². The second-order valence-corrected chi connectivity index (χ2v) is 4.83. The van der Waals surface area contributed by atoms with Crippen LogP contribution in [-0.2, 0) is 5.75 Å². The fraction of sp³-hybridized carbons (Fsp3) is 0.333. The fourth-order valence-electron chi connectivity index (χ4n) is 1.29. The molecule has 0 fully saturated rings. The lowest BCUT2D eigenvalue weighted by molar-refractivity contribution is 0.382. The van der Waals surface area contributed by atoms with Crippen LogP contribution in [0.4, 0.5) is 0 Å². The Balaban J connectivity index is 1.94. The number of hydrogen-bond acceptors (Lipinski definition) is 5. The third kappa shape index (κ3) is 3.31. The van der Waals surface area contributed by atoms with Gasteiger partial charge in [0.2, 0.25) is 5.89 Å². The molecule has 2 rings (SSSR count). The van der Waals surface area contributed by atoms with Crippen molar-refractivity contribution in [2.45, 2.75) is 23.5 Å². The summed E-state index contributed by atoms with van der Waals surface area (Å²) in [5.74, 6) is 2.17. The third-order valence-corrected chi connectivity index (χ3v) is 3.38. The molecule has 0 aliphatic carbocycles. The number of nitrogens with two attached hydrogens (primary N) is 1. The van der Waals surface area contributed by atoms with Crippen molar-refractivity contribution in [3.8, 4) is 0 Å². The fourth-order valence-corrected chi connectivity index (χ4v) is 2.05. The summed E-state index contributed by atoms with van der Waals surface area (Å²) in [4.78, 5) is 5.51. The first-order valence-corrected chi connectivity index (χ1v) is 6.48. The Morgan fingerprint density at radius 3 is 2.82 bits per heavy atom. The Morgan fingerprint density at radius 1 is 1.35 bits per heavy atom. The van der Waals surface area contributed by atoms with Crippen LogP contribution in [0.25, 0.3) is 0 Å². The highest BCUT2D eigenvalue weighted by Gasteiger charge is 2.12. The molecule has 0 aliphatic rings. The van der Waals surface area contributed by atoms with Gasteiger partial charge in [-0.2, -0.15) is 4.98 Å². The number of benzene rings is 1. The second-order valence-electron chi connectivity index (χ2n) is 3.78. The first-order valence-electron chi connectivity index (χ1n) is 5.50. The van der Waals surface area contributed by atoms with Gasteiger partial charge in [-0.3, -0.25) is 0 Å². The summed E-state index contributed by atoms with van der Waals surface area (Å²) in [6.45, 7) is 2.52. The monoisotopic (exact) mass is 249 g/mol. The lowest BCUT2D eigenvalue weighted by atomic mass is 10.2. The van der Waals surface area contributed by atoms with Crippen molar-refractivity contribution < 1.29 is 4.52 Å². The molecule has 1 unspecified atom stereocenters. The van der Waals surface area contributed by atoms with Crippen molar-refractivity contribution in [3.63, 3.8) is 0 Å². The lowest BCUT2D eigenvalue weighted by Gasteiger charge is -1.99. The highest BCUT2D eigenvalue weighted by molar-refractivity contribution is 7.98. The van der Waals surface area contributed by atoms with Crippen LogP contribution >= 0.6 is 11.8 Å². The predicted octanol–water partition coefficient (Wildman–Crippen LogP) is 2.42. The van der Waals surface area contributed by atoms with Gasteiger partial charge in [-0.25, -0.2) is 0 Å². The zero-order valence-corrected chi connectivity index (χ0v) is 10.5. The van der Waals surface area contributed by atoms with Crippen LogP contribution in [0.1, 0.15) is 24.6 Å². The zero-order valence-electron chi connectivity index (χ0n) is 9.67. The number of rotatable bonds is 5. The van der Waals surface area contributed by atoms with E-state index in [1.807, 2.05) is 25.1 Å². The molecule has 0 bridgehead atoms. The first kappa shape index (κ1) is 12.1. The molecule has 2 N–H and O–H groups in total. The minimum Gasteiger partial charge on any atom is -0.338 e. The summed E-state index contributed by atoms with van der Waals surface area (Å²) in [7, 11) is 0. The molecule has 0 saturated carbocycles. The van der Waals surface area contributed by atoms with Crippen molar-refractivity contribution in [2.24, 2.45) is 5.73 Å². The van der Waals surface area contributed by atoms with Crippen LogP contribution in [-0.4, -0.2) is 16.7 Å². The van der Waals surface area contributed by atoms with Crippen molar-refractivity contribution in [2.75, 3.05) is 6.54 Å². The highest BCUT2D eigenvalue weighted by atomic mass is 32.2. The standard InChI is InChI=1S/C12H15N3OS/c1-9(7-13)12-14-11(16-15-12)8-17-10-5-3-2-4-6-10/h2-6,9H,7-8,13H2,1H3. The van der Waals surface area contributed by atoms with Gasteiger partial charge in [0.15, 0.2) is 5.82 Å². The number of aromatic nitrogens is 2. The molecule has 0 amide bonds. The average molecular weight is 249 g/mol. The second kappa shape index (κ2) is 5.84. The average Bonchev–Trinajstić information content (AvgIpc) is 2.85. The van der Waals surface area contributed by atoms with Gasteiger partial charge in [0, 0.05) is 17.4 Å². The normalized spacial score (nSPS) is 12.6. The van der Waals surface area contributed by atoms with E-state index in [1.54, 1.807) is 11.8 Å². The molecule has 0 saturated heterocycles. The quantitative estimate of drug-likeness (QED) is 0.824. The Bertz CT molecular complexity index is 458. The van der Waals surface area contributed by atoms with E-state index in [1.165, 1.54) is 4.90 Å². The summed E-state index contributed by atoms with van der Waals surface area (Å²) >= 11 is 1.68. The molecule has 0 spiro atoms. The molecule has 0 aliphatic heterocycles. The van der Waals surface area contributed by atoms with Crippen LogP contribution in [0.5, 0.6) is 0 Å². The summed E-state index contributed by atoms with van der Waals surface area (Å²) in [5.41, 5.74) is 5.55. The molecule has 90 valence electrons. The third-order valence-electron chi connectivity index (χ3n) is 2.38. The van der Waals surface area contributed by atoms with E-state index in [9.17, 15) is 0 Å². The Kier molecular flexibility index (Phi) is 4.17. The molecular weight excluding hydrogens is 234 g/mol. The van der Waals surface area contributed by atoms with Gasteiger partial charge in [0.1, 0.15) is 0 Å². The van der Waals surface area contributed by atoms with Gasteiger partial charge in [0.25, 0.3) is 0 Å². The van der Waals surface area contributed by atoms with Crippen LogP contribution in [0.3, 0.4) is 0 Å². The molecule has 1 aromatic carbocycles. The van der Waals surface area contributed by atoms with Crippen molar-refractivity contribution in [1.29, 1.82) is 0 Å². The predicted molar refractivity (Wildman–Crippen MR) is 67.8 cm³/mol. The Hall–Kier alpha value is -1.33. The molecule has 2 aromatic rings. The maximum atomic E-state index is 5.55. The van der Waals surface area contributed by atoms with E-state index in [-0.39, 0.29) is 5.92 Å². The van der Waals surface area contributed by atoms with Crippen molar-refractivity contribution in [1.82, 2.24) is 10.1 Å². The van der Waals surface area contributed by atoms with Crippen LogP contribution < -0.4 is 5.73 Å². The maximum absolute atomic E-state index is 5.55. The molecule has 5 heteroatoms. The summed E-state index contributed by atoms with van der Waals surface area (Å²) in [5, 5.41) is 3.92. The van der Waals surface area contributed by atoms with Gasteiger partial charge in [0.05, 0.1) is 5.75 Å². The summed E-state index contributed by atoms with van der Waals surface area (Å²) < 4.78 is 5.17. The van der Waals surface area contributed by atoms with Crippen molar-refractivity contribution in [3.05, 3.63) is 42.0 Å². The largest absolute Gasteiger partial charge is 0.338 e. The van der Waals surface area contributed by atoms with Gasteiger partial charge in [-0.15, -0.1) is 11.8 Å². The van der Waals surface area contributed by atoms with Gasteiger partial charge in [-0.1, -0.05) is 30.3 Å². The minimum absolute atomic E-state index is 0.147. The topological polar surface area (TPSA) is 64.9 Å². The molecular formula is C12H15N3OS. The van der Waals surface area contributed by atoms with E-state index in [0.29, 0.717) is 24.0 Å². The van der Waals surface area contributed by atoms with E-state index >= 15 is 0 Å². The minimum atomic E-state index is 0.147. The van der Waals surface area contributed by atoms with E-state index in [2.05, 4.69) is 22.3 Å². The maximum Gasteiger partial charge on any atom is 0.237 e.